The van der Waals surface area contributed by atoms with Crippen LogP contribution in [0, 0.1) is 5.82 Å². The Kier molecular flexibility index (Phi) is 6.12. The van der Waals surface area contributed by atoms with E-state index in [4.69, 9.17) is 4.74 Å². The van der Waals surface area contributed by atoms with E-state index in [-0.39, 0.29) is 59.4 Å². The normalized spacial score (nSPS) is 17.3. The lowest BCUT2D eigenvalue weighted by molar-refractivity contribution is 0.141. The second-order valence-electron chi connectivity index (χ2n) is 7.73. The molecule has 0 atom stereocenters. The van der Waals surface area contributed by atoms with Crippen LogP contribution in [0.2, 0.25) is 0 Å². The van der Waals surface area contributed by atoms with E-state index in [1.807, 2.05) is 0 Å². The van der Waals surface area contributed by atoms with Gasteiger partial charge in [0.25, 0.3) is 6.43 Å². The number of alkyl halides is 3. The van der Waals surface area contributed by atoms with Crippen molar-refractivity contribution < 1.29 is 30.7 Å². The van der Waals surface area contributed by atoms with Gasteiger partial charge in [0.1, 0.15) is 23.5 Å². The zero-order chi connectivity index (χ0) is 23.8. The Hall–Kier alpha value is -3.02. The monoisotopic (exact) mass is 484 g/mol. The van der Waals surface area contributed by atoms with Crippen molar-refractivity contribution in [1.29, 1.82) is 0 Å². The van der Waals surface area contributed by atoms with Crippen LogP contribution in [0.1, 0.15) is 36.1 Å². The first-order valence-electron chi connectivity index (χ1n) is 10.0. The lowest BCUT2D eigenvalue weighted by Gasteiger charge is -2.29. The third kappa shape index (κ3) is 4.56. The zero-order valence-electron chi connectivity index (χ0n) is 17.5. The predicted molar refractivity (Wildman–Crippen MR) is 113 cm³/mol. The average Bonchev–Trinajstić information content (AvgIpc) is 2.79. The first-order valence-corrected chi connectivity index (χ1v) is 11.8. The number of nitrogens with zero attached hydrogens (tertiary/aromatic N) is 3. The van der Waals surface area contributed by atoms with Gasteiger partial charge < -0.3 is 10.1 Å². The number of fused-ring (bicyclic) bond motifs is 1. The molecular weight excluding hydrogens is 464 g/mol. The standard InChI is InChI=1S/C21H20F4N4O3S/c1-32-20-17-14(9-15(29-20)21(25)5-7-33(30,31)8-6-21)19(28-11-27-17)26-10-12-3-2-4-13(16(12)22)18(23)24/h2-4,9,11,18H,5-8,10H2,1H3,(H,26,27,28). The van der Waals surface area contributed by atoms with Gasteiger partial charge in [-0.05, 0) is 6.07 Å². The molecule has 0 bridgehead atoms. The smallest absolute Gasteiger partial charge is 0.266 e. The van der Waals surface area contributed by atoms with E-state index in [1.165, 1.54) is 31.6 Å². The molecule has 12 heteroatoms. The third-order valence-electron chi connectivity index (χ3n) is 5.65. The number of halogens is 4. The second-order valence-corrected chi connectivity index (χ2v) is 10.0. The molecule has 0 radical (unpaired) electrons. The minimum Gasteiger partial charge on any atom is -0.479 e. The highest BCUT2D eigenvalue weighted by Gasteiger charge is 2.41. The van der Waals surface area contributed by atoms with Crippen molar-refractivity contribution in [2.24, 2.45) is 0 Å². The molecule has 3 heterocycles. The van der Waals surface area contributed by atoms with Crippen LogP contribution in [0.4, 0.5) is 23.4 Å². The Balaban J connectivity index is 1.71. The molecule has 0 saturated carbocycles. The molecule has 1 aliphatic heterocycles. The maximum Gasteiger partial charge on any atom is 0.266 e. The van der Waals surface area contributed by atoms with Crippen LogP contribution in [0.3, 0.4) is 0 Å². The quantitative estimate of drug-likeness (QED) is 0.527. The van der Waals surface area contributed by atoms with E-state index < -0.39 is 33.3 Å². The van der Waals surface area contributed by atoms with Crippen molar-refractivity contribution in [3.8, 4) is 5.88 Å². The van der Waals surface area contributed by atoms with Crippen molar-refractivity contribution in [2.75, 3.05) is 23.9 Å². The summed E-state index contributed by atoms with van der Waals surface area (Å²) in [5.74, 6) is -1.42. The van der Waals surface area contributed by atoms with Gasteiger partial charge in [0.2, 0.25) is 5.88 Å². The number of hydrogen-bond acceptors (Lipinski definition) is 7. The zero-order valence-corrected chi connectivity index (χ0v) is 18.3. The van der Waals surface area contributed by atoms with E-state index in [2.05, 4.69) is 20.3 Å². The Labute approximate surface area is 187 Å². The number of aromatic nitrogens is 3. The van der Waals surface area contributed by atoms with Crippen LogP contribution >= 0.6 is 0 Å². The minimum atomic E-state index is -3.31. The number of rotatable bonds is 6. The Morgan fingerprint density at radius 2 is 1.94 bits per heavy atom. The molecule has 2 aromatic heterocycles. The molecule has 0 aliphatic carbocycles. The number of nitrogens with one attached hydrogen (secondary N) is 1. The topological polar surface area (TPSA) is 94.1 Å². The Morgan fingerprint density at radius 3 is 2.61 bits per heavy atom. The van der Waals surface area contributed by atoms with Crippen molar-refractivity contribution in [2.45, 2.75) is 31.5 Å². The number of ether oxygens (including phenoxy) is 1. The van der Waals surface area contributed by atoms with Crippen LogP contribution < -0.4 is 10.1 Å². The van der Waals surface area contributed by atoms with E-state index in [0.29, 0.717) is 5.39 Å². The van der Waals surface area contributed by atoms with Crippen molar-refractivity contribution >= 4 is 26.6 Å². The number of benzene rings is 1. The van der Waals surface area contributed by atoms with E-state index in [9.17, 15) is 21.6 Å². The fraction of sp³-hybridized carbons (Fsp3) is 0.381. The fourth-order valence-corrected chi connectivity index (χ4v) is 5.22. The van der Waals surface area contributed by atoms with Gasteiger partial charge in [0.05, 0.1) is 35.3 Å². The highest BCUT2D eigenvalue weighted by atomic mass is 32.2. The number of anilines is 1. The number of pyridine rings is 1. The summed E-state index contributed by atoms with van der Waals surface area (Å²) in [5.41, 5.74) is -2.46. The Bertz CT molecular complexity index is 1290. The highest BCUT2D eigenvalue weighted by Crippen LogP contribution is 2.40. The summed E-state index contributed by atoms with van der Waals surface area (Å²) in [5, 5.41) is 3.20. The molecule has 1 fully saturated rings. The first kappa shape index (κ1) is 23.1. The van der Waals surface area contributed by atoms with Gasteiger partial charge in [0.15, 0.2) is 15.5 Å². The summed E-state index contributed by atoms with van der Waals surface area (Å²) in [7, 11) is -1.97. The van der Waals surface area contributed by atoms with Crippen LogP contribution in [-0.4, -0.2) is 42.0 Å². The fourth-order valence-electron chi connectivity index (χ4n) is 3.75. The minimum absolute atomic E-state index is 0.000237. The molecule has 4 rings (SSSR count). The Morgan fingerprint density at radius 1 is 1.21 bits per heavy atom. The predicted octanol–water partition coefficient (Wildman–Crippen LogP) is 4.10. The maximum absolute atomic E-state index is 15.7. The number of methoxy groups -OCH3 is 1. The molecule has 0 amide bonds. The first-order chi connectivity index (χ1) is 15.6. The van der Waals surface area contributed by atoms with Gasteiger partial charge in [-0.1, -0.05) is 18.2 Å². The van der Waals surface area contributed by atoms with E-state index in [0.717, 1.165) is 6.07 Å². The molecule has 3 aromatic rings. The van der Waals surface area contributed by atoms with Crippen LogP contribution in [0.15, 0.2) is 30.6 Å². The summed E-state index contributed by atoms with van der Waals surface area (Å²) in [6.45, 7) is -0.169. The number of sulfone groups is 1. The maximum atomic E-state index is 15.7. The molecule has 7 nitrogen and oxygen atoms in total. The summed E-state index contributed by atoms with van der Waals surface area (Å²) in [4.78, 5) is 12.5. The lowest BCUT2D eigenvalue weighted by Crippen LogP contribution is -2.34. The second kappa shape index (κ2) is 8.73. The van der Waals surface area contributed by atoms with Crippen LogP contribution in [0.5, 0.6) is 5.88 Å². The van der Waals surface area contributed by atoms with Gasteiger partial charge in [-0.25, -0.2) is 40.9 Å². The molecule has 1 aromatic carbocycles. The summed E-state index contributed by atoms with van der Waals surface area (Å²) >= 11 is 0. The third-order valence-corrected chi connectivity index (χ3v) is 7.30. The van der Waals surface area contributed by atoms with Crippen molar-refractivity contribution in [1.82, 2.24) is 15.0 Å². The molecule has 176 valence electrons. The van der Waals surface area contributed by atoms with Gasteiger partial charge in [0, 0.05) is 24.9 Å². The highest BCUT2D eigenvalue weighted by molar-refractivity contribution is 7.91. The van der Waals surface area contributed by atoms with Crippen LogP contribution in [-0.2, 0) is 22.1 Å². The summed E-state index contributed by atoms with van der Waals surface area (Å²) < 4.78 is 84.8. The van der Waals surface area contributed by atoms with Gasteiger partial charge >= 0.3 is 0 Å². The van der Waals surface area contributed by atoms with Crippen molar-refractivity contribution in [3.63, 3.8) is 0 Å². The van der Waals surface area contributed by atoms with Gasteiger partial charge in [-0.15, -0.1) is 0 Å². The molecule has 1 aliphatic rings. The van der Waals surface area contributed by atoms with E-state index in [1.54, 1.807) is 0 Å². The van der Waals surface area contributed by atoms with Crippen molar-refractivity contribution in [3.05, 3.63) is 53.2 Å². The largest absolute Gasteiger partial charge is 0.479 e. The van der Waals surface area contributed by atoms with Gasteiger partial charge in [-0.2, -0.15) is 0 Å². The molecule has 0 spiro atoms. The SMILES string of the molecule is COc1nc(C2(F)CCS(=O)(=O)CC2)cc2c(NCc3cccc(C(F)F)c3F)ncnc12. The molecule has 1 saturated heterocycles. The molecule has 0 unspecified atom stereocenters. The molecule has 33 heavy (non-hydrogen) atoms. The lowest BCUT2D eigenvalue weighted by atomic mass is 9.93. The number of hydrogen-bond donors (Lipinski definition) is 1. The molecular formula is C21H20F4N4O3S. The summed E-state index contributed by atoms with van der Waals surface area (Å²) in [6, 6.07) is 5.11. The van der Waals surface area contributed by atoms with Crippen LogP contribution in [0.25, 0.3) is 10.9 Å². The molecule has 1 N–H and O–H groups in total. The average molecular weight is 484 g/mol. The summed E-state index contributed by atoms with van der Waals surface area (Å²) in [6.07, 6.45) is -2.25. The van der Waals surface area contributed by atoms with E-state index >= 15 is 4.39 Å². The van der Waals surface area contributed by atoms with Gasteiger partial charge in [-0.3, -0.25) is 0 Å².